The Morgan fingerprint density at radius 1 is 1.36 bits per heavy atom. The topological polar surface area (TPSA) is 41.6 Å². The smallest absolute Gasteiger partial charge is 0.387 e. The predicted octanol–water partition coefficient (Wildman–Crippen LogP) is 3.55. The summed E-state index contributed by atoms with van der Waals surface area (Å²) >= 11 is 5.82. The van der Waals surface area contributed by atoms with Crippen LogP contribution < -0.4 is 10.1 Å². The van der Waals surface area contributed by atoms with Crippen LogP contribution in [0.1, 0.15) is 0 Å². The van der Waals surface area contributed by atoms with Crippen LogP contribution in [0.15, 0.2) is 43.5 Å². The van der Waals surface area contributed by atoms with Crippen molar-refractivity contribution in [1.29, 1.82) is 0 Å². The molecule has 22 heavy (non-hydrogen) atoms. The van der Waals surface area contributed by atoms with Crippen LogP contribution in [0.25, 0.3) is 0 Å². The molecule has 0 unspecified atom stereocenters. The van der Waals surface area contributed by atoms with Crippen LogP contribution in [0.5, 0.6) is 5.75 Å². The number of rotatable bonds is 9. The molecule has 1 N–H and O–H groups in total. The Bertz CT molecular complexity index is 528. The summed E-state index contributed by atoms with van der Waals surface area (Å²) in [7, 11) is 0. The van der Waals surface area contributed by atoms with Gasteiger partial charge in [-0.25, -0.2) is 0 Å². The molecule has 0 aliphatic carbocycles. The lowest BCUT2D eigenvalue weighted by molar-refractivity contribution is -0.117. The monoisotopic (exact) mass is 330 g/mol. The highest BCUT2D eigenvalue weighted by Gasteiger charge is 2.12. The van der Waals surface area contributed by atoms with Crippen LogP contribution in [0, 0.1) is 0 Å². The van der Waals surface area contributed by atoms with Crippen molar-refractivity contribution in [1.82, 2.24) is 4.90 Å². The number of carbonyl (C=O) groups excluding carboxylic acids is 1. The summed E-state index contributed by atoms with van der Waals surface area (Å²) in [6.45, 7) is 5.51. The Hall–Kier alpha value is -1.92. The quantitative estimate of drug-likeness (QED) is 0.704. The molecule has 0 aliphatic rings. The standard InChI is InChI=1S/C15H17ClF2N2O2/c1-3-7-20(8-4-2)10-14(21)19-11-5-6-13(12(16)9-11)22-15(17)18/h3-6,9,15H,1-2,7-8,10H2,(H,19,21). The van der Waals surface area contributed by atoms with Crippen LogP contribution in [0.3, 0.4) is 0 Å². The minimum absolute atomic E-state index is 0.00728. The van der Waals surface area contributed by atoms with Gasteiger partial charge in [0.2, 0.25) is 5.91 Å². The highest BCUT2D eigenvalue weighted by atomic mass is 35.5. The van der Waals surface area contributed by atoms with Crippen molar-refractivity contribution < 1.29 is 18.3 Å². The second-order valence-corrected chi connectivity index (χ2v) is 4.75. The van der Waals surface area contributed by atoms with Gasteiger partial charge in [-0.2, -0.15) is 8.78 Å². The average molecular weight is 331 g/mol. The van der Waals surface area contributed by atoms with Gasteiger partial charge in [-0.1, -0.05) is 23.8 Å². The van der Waals surface area contributed by atoms with E-state index in [1.807, 2.05) is 4.90 Å². The van der Waals surface area contributed by atoms with Crippen LogP contribution in [0.2, 0.25) is 5.02 Å². The van der Waals surface area contributed by atoms with E-state index < -0.39 is 6.61 Å². The van der Waals surface area contributed by atoms with Crippen LogP contribution in [-0.2, 0) is 4.79 Å². The molecule has 1 rings (SSSR count). The minimum Gasteiger partial charge on any atom is -0.433 e. The van der Waals surface area contributed by atoms with Gasteiger partial charge >= 0.3 is 6.61 Å². The minimum atomic E-state index is -2.95. The van der Waals surface area contributed by atoms with Crippen LogP contribution >= 0.6 is 11.6 Å². The Balaban J connectivity index is 2.65. The lowest BCUT2D eigenvalue weighted by Gasteiger charge is -2.18. The summed E-state index contributed by atoms with van der Waals surface area (Å²) in [6.07, 6.45) is 3.37. The van der Waals surface area contributed by atoms with Crippen molar-refractivity contribution in [3.05, 3.63) is 48.5 Å². The molecule has 0 aromatic heterocycles. The van der Waals surface area contributed by atoms with Gasteiger partial charge in [0.15, 0.2) is 0 Å². The van der Waals surface area contributed by atoms with E-state index in [2.05, 4.69) is 23.2 Å². The predicted molar refractivity (Wildman–Crippen MR) is 83.5 cm³/mol. The van der Waals surface area contributed by atoms with E-state index in [-0.39, 0.29) is 23.2 Å². The molecule has 120 valence electrons. The number of hydrogen-bond acceptors (Lipinski definition) is 3. The molecular weight excluding hydrogens is 314 g/mol. The first-order chi connectivity index (χ1) is 10.5. The van der Waals surface area contributed by atoms with Gasteiger partial charge in [0, 0.05) is 18.8 Å². The third kappa shape index (κ3) is 6.24. The van der Waals surface area contributed by atoms with Crippen molar-refractivity contribution >= 4 is 23.2 Å². The maximum atomic E-state index is 12.1. The highest BCUT2D eigenvalue weighted by Crippen LogP contribution is 2.28. The van der Waals surface area contributed by atoms with Crippen LogP contribution in [0.4, 0.5) is 14.5 Å². The largest absolute Gasteiger partial charge is 0.433 e. The first-order valence-corrected chi connectivity index (χ1v) is 6.82. The number of nitrogens with one attached hydrogen (secondary N) is 1. The van der Waals surface area contributed by atoms with Crippen LogP contribution in [-0.4, -0.2) is 37.1 Å². The molecule has 7 heteroatoms. The van der Waals surface area contributed by atoms with Crippen molar-refractivity contribution in [2.75, 3.05) is 25.0 Å². The molecule has 4 nitrogen and oxygen atoms in total. The molecule has 1 amide bonds. The van der Waals surface area contributed by atoms with E-state index in [1.165, 1.54) is 18.2 Å². The third-order valence-electron chi connectivity index (χ3n) is 2.57. The summed E-state index contributed by atoms with van der Waals surface area (Å²) < 4.78 is 28.5. The first kappa shape index (κ1) is 18.1. The molecule has 0 atom stereocenters. The molecule has 0 saturated carbocycles. The summed E-state index contributed by atoms with van der Waals surface area (Å²) in [4.78, 5) is 13.8. The SMILES string of the molecule is C=CCN(CC=C)CC(=O)Nc1ccc(OC(F)F)c(Cl)c1. The Morgan fingerprint density at radius 2 is 2.00 bits per heavy atom. The molecule has 0 saturated heterocycles. The maximum Gasteiger partial charge on any atom is 0.387 e. The molecule has 0 bridgehead atoms. The molecule has 0 aliphatic heterocycles. The van der Waals surface area contributed by atoms with E-state index in [0.717, 1.165) is 0 Å². The highest BCUT2D eigenvalue weighted by molar-refractivity contribution is 6.32. The zero-order chi connectivity index (χ0) is 16.5. The fourth-order valence-corrected chi connectivity index (χ4v) is 1.97. The second kappa shape index (κ2) is 9.17. The normalized spacial score (nSPS) is 10.6. The number of halogens is 3. The van der Waals surface area contributed by atoms with Gasteiger partial charge in [-0.15, -0.1) is 13.2 Å². The van der Waals surface area contributed by atoms with Gasteiger partial charge in [-0.3, -0.25) is 9.69 Å². The zero-order valence-electron chi connectivity index (χ0n) is 11.9. The van der Waals surface area contributed by atoms with E-state index in [0.29, 0.717) is 18.8 Å². The molecule has 1 aromatic carbocycles. The van der Waals surface area contributed by atoms with Crippen molar-refractivity contribution in [2.45, 2.75) is 6.61 Å². The first-order valence-electron chi connectivity index (χ1n) is 6.44. The molecule has 0 spiro atoms. The lowest BCUT2D eigenvalue weighted by atomic mass is 10.3. The fourth-order valence-electron chi connectivity index (χ4n) is 1.74. The Morgan fingerprint density at radius 3 is 2.50 bits per heavy atom. The summed E-state index contributed by atoms with van der Waals surface area (Å²) in [6, 6.07) is 4.06. The van der Waals surface area contributed by atoms with E-state index in [9.17, 15) is 13.6 Å². The molecule has 0 fully saturated rings. The zero-order valence-corrected chi connectivity index (χ0v) is 12.7. The number of amides is 1. The van der Waals surface area contributed by atoms with Gasteiger partial charge in [0.1, 0.15) is 5.75 Å². The van der Waals surface area contributed by atoms with Crippen molar-refractivity contribution in [2.24, 2.45) is 0 Å². The Kier molecular flexibility index (Phi) is 7.56. The van der Waals surface area contributed by atoms with Crippen molar-refractivity contribution in [3.63, 3.8) is 0 Å². The molecular formula is C15H17ClF2N2O2. The average Bonchev–Trinajstić information content (AvgIpc) is 2.42. The summed E-state index contributed by atoms with van der Waals surface area (Å²) in [5.41, 5.74) is 0.397. The van der Waals surface area contributed by atoms with Gasteiger partial charge in [0.05, 0.1) is 11.6 Å². The number of benzene rings is 1. The van der Waals surface area contributed by atoms with Gasteiger partial charge in [-0.05, 0) is 18.2 Å². The molecule has 0 heterocycles. The third-order valence-corrected chi connectivity index (χ3v) is 2.87. The number of hydrogen-bond donors (Lipinski definition) is 1. The Labute approximate surface area is 133 Å². The second-order valence-electron chi connectivity index (χ2n) is 4.34. The van der Waals surface area contributed by atoms with Crippen molar-refractivity contribution in [3.8, 4) is 5.75 Å². The fraction of sp³-hybridized carbons (Fsp3) is 0.267. The molecule has 1 aromatic rings. The maximum absolute atomic E-state index is 12.1. The van der Waals surface area contributed by atoms with E-state index >= 15 is 0 Å². The van der Waals surface area contributed by atoms with E-state index in [1.54, 1.807) is 12.2 Å². The number of anilines is 1. The summed E-state index contributed by atoms with van der Waals surface area (Å²) in [5.74, 6) is -0.406. The number of nitrogens with zero attached hydrogens (tertiary/aromatic N) is 1. The van der Waals surface area contributed by atoms with Gasteiger partial charge in [0.25, 0.3) is 0 Å². The number of carbonyl (C=O) groups is 1. The lowest BCUT2D eigenvalue weighted by Crippen LogP contribution is -2.33. The number of ether oxygens (including phenoxy) is 1. The molecule has 0 radical (unpaired) electrons. The van der Waals surface area contributed by atoms with E-state index in [4.69, 9.17) is 11.6 Å². The number of alkyl halides is 2. The summed E-state index contributed by atoms with van der Waals surface area (Å²) in [5, 5.41) is 2.63. The van der Waals surface area contributed by atoms with Gasteiger partial charge < -0.3 is 10.1 Å².